The van der Waals surface area contributed by atoms with E-state index >= 15 is 0 Å². The van der Waals surface area contributed by atoms with Crippen LogP contribution in [0.15, 0.2) is 35.3 Å². The first-order chi connectivity index (χ1) is 9.49. The molecule has 0 saturated carbocycles. The molecule has 1 amide bonds. The van der Waals surface area contributed by atoms with Crippen LogP contribution >= 0.6 is 15.9 Å². The monoisotopic (exact) mass is 341 g/mol. The average molecular weight is 342 g/mol. The number of halogens is 1. The van der Waals surface area contributed by atoms with Gasteiger partial charge < -0.3 is 14.8 Å². The highest BCUT2D eigenvalue weighted by atomic mass is 79.9. The summed E-state index contributed by atoms with van der Waals surface area (Å²) < 4.78 is 10.8. The van der Waals surface area contributed by atoms with Crippen LogP contribution in [-0.4, -0.2) is 31.6 Å². The van der Waals surface area contributed by atoms with Crippen molar-refractivity contribution in [2.45, 2.75) is 13.0 Å². The molecule has 5 nitrogen and oxygen atoms in total. The van der Waals surface area contributed by atoms with Gasteiger partial charge in [0.2, 0.25) is 0 Å². The molecule has 1 rings (SSSR count). The van der Waals surface area contributed by atoms with Gasteiger partial charge in [-0.3, -0.25) is 4.79 Å². The second-order valence-corrected chi connectivity index (χ2v) is 4.79. The standard InChI is InChI=1S/C14H16BrNO4/c1-4-7-16-13(17)9(2)20-14(18)10-5-6-12(19-3)11(15)8-10/h4-6,8-9H,1,7H2,2-3H3,(H,16,17)/t9-/m0/s1. The molecule has 1 aromatic carbocycles. The van der Waals surface area contributed by atoms with Crippen LogP contribution in [0.25, 0.3) is 0 Å². The molecule has 0 spiro atoms. The normalized spacial score (nSPS) is 11.3. The number of nitrogens with one attached hydrogen (secondary N) is 1. The van der Waals surface area contributed by atoms with E-state index in [2.05, 4.69) is 27.8 Å². The third-order valence-electron chi connectivity index (χ3n) is 2.46. The quantitative estimate of drug-likeness (QED) is 0.637. The highest BCUT2D eigenvalue weighted by molar-refractivity contribution is 9.10. The molecule has 0 heterocycles. The fraction of sp³-hybridized carbons (Fsp3) is 0.286. The lowest BCUT2D eigenvalue weighted by atomic mass is 10.2. The second-order valence-electron chi connectivity index (χ2n) is 3.93. The molecule has 0 radical (unpaired) electrons. The van der Waals surface area contributed by atoms with Crippen molar-refractivity contribution < 1.29 is 19.1 Å². The van der Waals surface area contributed by atoms with Crippen molar-refractivity contribution in [2.24, 2.45) is 0 Å². The first-order valence-corrected chi connectivity index (χ1v) is 6.72. The van der Waals surface area contributed by atoms with Gasteiger partial charge in [0.15, 0.2) is 6.10 Å². The van der Waals surface area contributed by atoms with Gasteiger partial charge in [-0.1, -0.05) is 6.08 Å². The number of rotatable bonds is 6. The van der Waals surface area contributed by atoms with Gasteiger partial charge in [-0.2, -0.15) is 0 Å². The SMILES string of the molecule is C=CCNC(=O)[C@H](C)OC(=O)c1ccc(OC)c(Br)c1. The van der Waals surface area contributed by atoms with Gasteiger partial charge in [-0.25, -0.2) is 4.79 Å². The molecule has 0 fully saturated rings. The van der Waals surface area contributed by atoms with E-state index < -0.39 is 12.1 Å². The fourth-order valence-corrected chi connectivity index (χ4v) is 1.93. The number of carbonyl (C=O) groups is 2. The van der Waals surface area contributed by atoms with Crippen LogP contribution in [0.2, 0.25) is 0 Å². The van der Waals surface area contributed by atoms with Crippen molar-refractivity contribution in [1.29, 1.82) is 0 Å². The Hall–Kier alpha value is -1.82. The number of esters is 1. The summed E-state index contributed by atoms with van der Waals surface area (Å²) in [5.74, 6) is -0.334. The van der Waals surface area contributed by atoms with Crippen LogP contribution < -0.4 is 10.1 Å². The van der Waals surface area contributed by atoms with Crippen LogP contribution in [0.5, 0.6) is 5.75 Å². The molecule has 6 heteroatoms. The topological polar surface area (TPSA) is 64.6 Å². The third kappa shape index (κ3) is 4.38. The van der Waals surface area contributed by atoms with E-state index in [0.717, 1.165) is 0 Å². The number of hydrogen-bond donors (Lipinski definition) is 1. The lowest BCUT2D eigenvalue weighted by Gasteiger charge is -2.13. The van der Waals surface area contributed by atoms with Gasteiger partial charge in [0.05, 0.1) is 17.1 Å². The first-order valence-electron chi connectivity index (χ1n) is 5.92. The number of benzene rings is 1. The van der Waals surface area contributed by atoms with Gasteiger partial charge in [-0.15, -0.1) is 6.58 Å². The second kappa shape index (κ2) is 7.69. The summed E-state index contributed by atoms with van der Waals surface area (Å²) in [7, 11) is 1.53. The summed E-state index contributed by atoms with van der Waals surface area (Å²) >= 11 is 3.28. The summed E-state index contributed by atoms with van der Waals surface area (Å²) in [6, 6.07) is 4.79. The van der Waals surface area contributed by atoms with Crippen molar-refractivity contribution in [2.75, 3.05) is 13.7 Å². The summed E-state index contributed by atoms with van der Waals surface area (Å²) in [4.78, 5) is 23.5. The number of carbonyl (C=O) groups excluding carboxylic acids is 2. The molecular weight excluding hydrogens is 326 g/mol. The lowest BCUT2D eigenvalue weighted by molar-refractivity contribution is -0.128. The van der Waals surface area contributed by atoms with Crippen LogP contribution in [0.4, 0.5) is 0 Å². The van der Waals surface area contributed by atoms with E-state index in [4.69, 9.17) is 9.47 Å². The minimum absolute atomic E-state index is 0.328. The highest BCUT2D eigenvalue weighted by Crippen LogP contribution is 2.25. The van der Waals surface area contributed by atoms with E-state index in [9.17, 15) is 9.59 Å². The zero-order valence-corrected chi connectivity index (χ0v) is 12.9. The number of hydrogen-bond acceptors (Lipinski definition) is 4. The van der Waals surface area contributed by atoms with Gasteiger partial charge in [0, 0.05) is 6.54 Å². The first kappa shape index (κ1) is 16.2. The molecule has 108 valence electrons. The Bertz CT molecular complexity index is 516. The Kier molecular flexibility index (Phi) is 6.24. The summed E-state index contributed by atoms with van der Waals surface area (Å²) in [5.41, 5.74) is 0.334. The molecule has 1 aromatic rings. The maximum Gasteiger partial charge on any atom is 0.338 e. The third-order valence-corrected chi connectivity index (χ3v) is 3.08. The zero-order chi connectivity index (χ0) is 15.1. The van der Waals surface area contributed by atoms with E-state index in [1.165, 1.54) is 14.0 Å². The van der Waals surface area contributed by atoms with Crippen LogP contribution in [-0.2, 0) is 9.53 Å². The Labute approximate surface area is 126 Å². The van der Waals surface area contributed by atoms with Crippen molar-refractivity contribution in [3.8, 4) is 5.75 Å². The molecule has 1 atom stereocenters. The summed E-state index contributed by atoms with van der Waals surface area (Å²) in [5, 5.41) is 2.56. The molecule has 0 aliphatic heterocycles. The Morgan fingerprint density at radius 3 is 2.75 bits per heavy atom. The van der Waals surface area contributed by atoms with E-state index in [1.54, 1.807) is 24.3 Å². The van der Waals surface area contributed by atoms with Crippen molar-refractivity contribution >= 4 is 27.8 Å². The molecule has 0 bridgehead atoms. The van der Waals surface area contributed by atoms with Gasteiger partial charge >= 0.3 is 5.97 Å². The molecule has 0 saturated heterocycles. The Balaban J connectivity index is 2.68. The molecular formula is C14H16BrNO4. The van der Waals surface area contributed by atoms with E-state index in [0.29, 0.717) is 22.3 Å². The maximum absolute atomic E-state index is 11.9. The zero-order valence-electron chi connectivity index (χ0n) is 11.3. The van der Waals surface area contributed by atoms with Crippen LogP contribution in [0.1, 0.15) is 17.3 Å². The van der Waals surface area contributed by atoms with Gasteiger partial charge in [0.25, 0.3) is 5.91 Å². The van der Waals surface area contributed by atoms with Gasteiger partial charge in [-0.05, 0) is 41.1 Å². The van der Waals surface area contributed by atoms with Gasteiger partial charge in [0.1, 0.15) is 5.75 Å². The Morgan fingerprint density at radius 1 is 1.50 bits per heavy atom. The minimum Gasteiger partial charge on any atom is -0.496 e. The molecule has 0 unspecified atom stereocenters. The van der Waals surface area contributed by atoms with Crippen molar-refractivity contribution in [3.63, 3.8) is 0 Å². The van der Waals surface area contributed by atoms with Crippen molar-refractivity contribution in [3.05, 3.63) is 40.9 Å². The molecule has 0 aliphatic rings. The minimum atomic E-state index is -0.872. The van der Waals surface area contributed by atoms with E-state index in [1.807, 2.05) is 0 Å². The molecule has 0 aliphatic carbocycles. The number of ether oxygens (including phenoxy) is 2. The summed E-state index contributed by atoms with van der Waals surface area (Å²) in [6.45, 7) is 5.32. The number of amides is 1. The summed E-state index contributed by atoms with van der Waals surface area (Å²) in [6.07, 6.45) is 0.677. The fourth-order valence-electron chi connectivity index (χ4n) is 1.39. The highest BCUT2D eigenvalue weighted by Gasteiger charge is 2.18. The van der Waals surface area contributed by atoms with Crippen molar-refractivity contribution in [1.82, 2.24) is 5.32 Å². The largest absolute Gasteiger partial charge is 0.496 e. The molecule has 20 heavy (non-hydrogen) atoms. The smallest absolute Gasteiger partial charge is 0.338 e. The Morgan fingerprint density at radius 2 is 2.20 bits per heavy atom. The van der Waals surface area contributed by atoms with Crippen LogP contribution in [0, 0.1) is 0 Å². The average Bonchev–Trinajstić information content (AvgIpc) is 2.44. The molecule has 1 N–H and O–H groups in total. The number of methoxy groups -OCH3 is 1. The predicted molar refractivity (Wildman–Crippen MR) is 78.8 cm³/mol. The van der Waals surface area contributed by atoms with E-state index in [-0.39, 0.29) is 5.91 Å². The predicted octanol–water partition coefficient (Wildman–Crippen LogP) is 2.31. The maximum atomic E-state index is 11.9. The molecule has 0 aromatic heterocycles. The lowest BCUT2D eigenvalue weighted by Crippen LogP contribution is -2.35. The van der Waals surface area contributed by atoms with Crippen LogP contribution in [0.3, 0.4) is 0 Å².